The first-order chi connectivity index (χ1) is 8.15. The molecule has 1 aromatic carbocycles. The highest BCUT2D eigenvalue weighted by molar-refractivity contribution is 6.03. The largest absolute Gasteiger partial charge is 0.384 e. The molecule has 5 nitrogen and oxygen atoms in total. The molecular weight excluding hydrogens is 216 g/mol. The predicted octanol–water partition coefficient (Wildman–Crippen LogP) is 1.89. The van der Waals surface area contributed by atoms with E-state index in [0.29, 0.717) is 17.8 Å². The van der Waals surface area contributed by atoms with Gasteiger partial charge in [0.25, 0.3) is 0 Å². The third kappa shape index (κ3) is 4.14. The van der Waals surface area contributed by atoms with Gasteiger partial charge >= 0.3 is 6.03 Å². The third-order valence-corrected chi connectivity index (χ3v) is 2.28. The first-order valence-electron chi connectivity index (χ1n) is 5.63. The highest BCUT2D eigenvalue weighted by Gasteiger charge is 2.07. The van der Waals surface area contributed by atoms with Crippen LogP contribution in [0.25, 0.3) is 0 Å². The van der Waals surface area contributed by atoms with Gasteiger partial charge in [-0.05, 0) is 18.6 Å². The Morgan fingerprint density at radius 1 is 1.41 bits per heavy atom. The molecule has 1 rings (SSSR count). The molecular formula is C12H18N4O. The number of carbonyl (C=O) groups is 1. The fourth-order valence-corrected chi connectivity index (χ4v) is 1.37. The number of rotatable bonds is 5. The van der Waals surface area contributed by atoms with Gasteiger partial charge in [-0.15, -0.1) is 0 Å². The lowest BCUT2D eigenvalue weighted by Crippen LogP contribution is -2.30. The Kier molecular flexibility index (Phi) is 5.00. The number of nitrogens with two attached hydrogens (primary N) is 1. The number of benzene rings is 1. The van der Waals surface area contributed by atoms with Gasteiger partial charge in [0.15, 0.2) is 0 Å². The summed E-state index contributed by atoms with van der Waals surface area (Å²) in [5.41, 5.74) is 6.50. The van der Waals surface area contributed by atoms with E-state index in [2.05, 4.69) is 17.6 Å². The number of urea groups is 1. The number of hydrogen-bond acceptors (Lipinski definition) is 2. The maximum atomic E-state index is 11.5. The first kappa shape index (κ1) is 13.0. The summed E-state index contributed by atoms with van der Waals surface area (Å²) in [7, 11) is 0. The molecule has 0 radical (unpaired) electrons. The van der Waals surface area contributed by atoms with E-state index >= 15 is 0 Å². The zero-order chi connectivity index (χ0) is 12.7. The number of amides is 2. The lowest BCUT2D eigenvalue weighted by molar-refractivity contribution is 0.252. The molecule has 0 bridgehead atoms. The van der Waals surface area contributed by atoms with Gasteiger partial charge in [0.1, 0.15) is 5.84 Å². The molecule has 0 heterocycles. The summed E-state index contributed by atoms with van der Waals surface area (Å²) in [6.45, 7) is 2.70. The van der Waals surface area contributed by atoms with Crippen LogP contribution < -0.4 is 16.4 Å². The number of nitrogen functional groups attached to an aromatic ring is 1. The molecule has 1 aromatic rings. The second kappa shape index (κ2) is 6.52. The maximum absolute atomic E-state index is 11.5. The Balaban J connectivity index is 2.61. The number of para-hydroxylation sites is 1. The van der Waals surface area contributed by atoms with E-state index < -0.39 is 0 Å². The predicted molar refractivity (Wildman–Crippen MR) is 69.4 cm³/mol. The third-order valence-electron chi connectivity index (χ3n) is 2.28. The average molecular weight is 234 g/mol. The van der Waals surface area contributed by atoms with Crippen molar-refractivity contribution in [2.75, 3.05) is 11.9 Å². The second-order valence-electron chi connectivity index (χ2n) is 3.69. The molecule has 17 heavy (non-hydrogen) atoms. The van der Waals surface area contributed by atoms with Crippen LogP contribution >= 0.6 is 0 Å². The van der Waals surface area contributed by atoms with Gasteiger partial charge in [-0.3, -0.25) is 5.41 Å². The molecule has 0 aliphatic heterocycles. The molecule has 0 unspecified atom stereocenters. The van der Waals surface area contributed by atoms with Crippen LogP contribution in [0.15, 0.2) is 24.3 Å². The monoisotopic (exact) mass is 234 g/mol. The van der Waals surface area contributed by atoms with Crippen LogP contribution in [-0.4, -0.2) is 18.4 Å². The standard InChI is InChI=1S/C12H18N4O/c1-2-3-8-15-12(17)16-10-7-5-4-6-9(10)11(13)14/h4-7H,2-3,8H2,1H3,(H3,13,14)(H2,15,16,17). The van der Waals surface area contributed by atoms with Crippen LogP contribution in [0, 0.1) is 5.41 Å². The van der Waals surface area contributed by atoms with Gasteiger partial charge in [0.2, 0.25) is 0 Å². The van der Waals surface area contributed by atoms with Crippen molar-refractivity contribution in [1.29, 1.82) is 5.41 Å². The molecule has 0 aliphatic carbocycles. The fraction of sp³-hybridized carbons (Fsp3) is 0.333. The molecule has 5 N–H and O–H groups in total. The Morgan fingerprint density at radius 2 is 2.12 bits per heavy atom. The Morgan fingerprint density at radius 3 is 2.76 bits per heavy atom. The van der Waals surface area contributed by atoms with E-state index in [1.54, 1.807) is 24.3 Å². The van der Waals surface area contributed by atoms with Crippen molar-refractivity contribution in [3.05, 3.63) is 29.8 Å². The first-order valence-corrected chi connectivity index (χ1v) is 5.63. The van der Waals surface area contributed by atoms with E-state index in [0.717, 1.165) is 12.8 Å². The van der Waals surface area contributed by atoms with Crippen LogP contribution in [0.2, 0.25) is 0 Å². The molecule has 0 saturated carbocycles. The van der Waals surface area contributed by atoms with E-state index in [1.807, 2.05) is 0 Å². The molecule has 0 atom stereocenters. The summed E-state index contributed by atoms with van der Waals surface area (Å²) in [6.07, 6.45) is 1.98. The van der Waals surface area contributed by atoms with Crippen LogP contribution in [0.3, 0.4) is 0 Å². The summed E-state index contributed by atoms with van der Waals surface area (Å²) < 4.78 is 0. The van der Waals surface area contributed by atoms with Crippen molar-refractivity contribution < 1.29 is 4.79 Å². The molecule has 0 fully saturated rings. The van der Waals surface area contributed by atoms with E-state index in [4.69, 9.17) is 11.1 Å². The number of anilines is 1. The van der Waals surface area contributed by atoms with Gasteiger partial charge in [-0.25, -0.2) is 4.79 Å². The normalized spacial score (nSPS) is 9.71. The van der Waals surface area contributed by atoms with Crippen LogP contribution in [-0.2, 0) is 0 Å². The summed E-state index contributed by atoms with van der Waals surface area (Å²) in [5, 5.41) is 12.8. The van der Waals surface area contributed by atoms with Gasteiger partial charge in [-0.1, -0.05) is 25.5 Å². The topological polar surface area (TPSA) is 91.0 Å². The number of unbranched alkanes of at least 4 members (excludes halogenated alkanes) is 1. The van der Waals surface area contributed by atoms with Crippen molar-refractivity contribution >= 4 is 17.6 Å². The molecule has 92 valence electrons. The summed E-state index contributed by atoms with van der Waals surface area (Å²) in [4.78, 5) is 11.5. The van der Waals surface area contributed by atoms with Gasteiger partial charge in [0.05, 0.1) is 5.69 Å². The number of hydrogen-bond donors (Lipinski definition) is 4. The van der Waals surface area contributed by atoms with Crippen LogP contribution in [0.5, 0.6) is 0 Å². The van der Waals surface area contributed by atoms with Gasteiger partial charge in [-0.2, -0.15) is 0 Å². The molecule has 0 aliphatic rings. The minimum atomic E-state index is -0.271. The molecule has 0 spiro atoms. The average Bonchev–Trinajstić information content (AvgIpc) is 2.29. The van der Waals surface area contributed by atoms with E-state index in [9.17, 15) is 4.79 Å². The lowest BCUT2D eigenvalue weighted by atomic mass is 10.1. The highest BCUT2D eigenvalue weighted by Crippen LogP contribution is 2.13. The molecule has 2 amide bonds. The van der Waals surface area contributed by atoms with Crippen LogP contribution in [0.4, 0.5) is 10.5 Å². The zero-order valence-electron chi connectivity index (χ0n) is 9.92. The van der Waals surface area contributed by atoms with Crippen molar-refractivity contribution in [3.63, 3.8) is 0 Å². The van der Waals surface area contributed by atoms with Crippen LogP contribution in [0.1, 0.15) is 25.3 Å². The SMILES string of the molecule is CCCCNC(=O)Nc1ccccc1C(=N)N. The minimum absolute atomic E-state index is 0.0607. The Labute approximate surface area is 101 Å². The number of carbonyl (C=O) groups excluding carboxylic acids is 1. The Hall–Kier alpha value is -2.04. The zero-order valence-corrected chi connectivity index (χ0v) is 9.92. The van der Waals surface area contributed by atoms with Gasteiger partial charge < -0.3 is 16.4 Å². The lowest BCUT2D eigenvalue weighted by Gasteiger charge is -2.10. The van der Waals surface area contributed by atoms with Crippen molar-refractivity contribution in [3.8, 4) is 0 Å². The van der Waals surface area contributed by atoms with Crippen molar-refractivity contribution in [1.82, 2.24) is 5.32 Å². The molecule has 0 aromatic heterocycles. The van der Waals surface area contributed by atoms with Gasteiger partial charge in [0, 0.05) is 12.1 Å². The van der Waals surface area contributed by atoms with Crippen molar-refractivity contribution in [2.45, 2.75) is 19.8 Å². The summed E-state index contributed by atoms with van der Waals surface area (Å²) in [5.74, 6) is -0.0607. The Bertz CT molecular complexity index is 403. The summed E-state index contributed by atoms with van der Waals surface area (Å²) >= 11 is 0. The quantitative estimate of drug-likeness (QED) is 0.356. The van der Waals surface area contributed by atoms with Crippen molar-refractivity contribution in [2.24, 2.45) is 5.73 Å². The molecule has 5 heteroatoms. The van der Waals surface area contributed by atoms with E-state index in [1.165, 1.54) is 0 Å². The molecule has 0 saturated heterocycles. The minimum Gasteiger partial charge on any atom is -0.384 e. The smallest absolute Gasteiger partial charge is 0.319 e. The maximum Gasteiger partial charge on any atom is 0.319 e. The number of nitrogens with one attached hydrogen (secondary N) is 3. The fourth-order valence-electron chi connectivity index (χ4n) is 1.37. The number of amidine groups is 1. The highest BCUT2D eigenvalue weighted by atomic mass is 16.2. The summed E-state index contributed by atoms with van der Waals surface area (Å²) in [6, 6.07) is 6.71. The second-order valence-corrected chi connectivity index (χ2v) is 3.69. The van der Waals surface area contributed by atoms with E-state index in [-0.39, 0.29) is 11.9 Å².